The molecule has 8 rings (SSSR count). The Kier molecular flexibility index (Phi) is 5.05. The lowest BCUT2D eigenvalue weighted by molar-refractivity contribution is 1.28. The van der Waals surface area contributed by atoms with Crippen LogP contribution in [0.5, 0.6) is 0 Å². The van der Waals surface area contributed by atoms with Crippen LogP contribution in [0.25, 0.3) is 44.5 Å². The Hall–Kier alpha value is -4.96. The number of aryl methyl sites for hydroxylation is 2. The molecule has 0 amide bonds. The molecule has 188 valence electrons. The van der Waals surface area contributed by atoms with Crippen molar-refractivity contribution in [1.82, 2.24) is 9.97 Å². The van der Waals surface area contributed by atoms with E-state index in [4.69, 9.17) is 0 Å². The van der Waals surface area contributed by atoms with E-state index in [2.05, 4.69) is 126 Å². The largest absolute Gasteiger partial charge is 0.376 e. The van der Waals surface area contributed by atoms with Crippen molar-refractivity contribution < 1.29 is 0 Å². The Morgan fingerprint density at radius 2 is 0.975 bits per heavy atom. The first-order chi connectivity index (χ1) is 19.7. The van der Waals surface area contributed by atoms with Crippen molar-refractivity contribution in [3.8, 4) is 44.5 Å². The Labute approximate surface area is 234 Å². The fraction of sp³-hybridized carbons (Fsp3) is 0.0556. The number of benzene rings is 4. The Balaban J connectivity index is 1.39. The minimum atomic E-state index is 0.101. The minimum Gasteiger partial charge on any atom is -0.376 e. The van der Waals surface area contributed by atoms with E-state index in [0.717, 1.165) is 0 Å². The highest BCUT2D eigenvalue weighted by Gasteiger charge is 2.42. The quantitative estimate of drug-likeness (QED) is 0.228. The van der Waals surface area contributed by atoms with Crippen LogP contribution in [0.2, 0.25) is 0 Å². The standard InChI is InChI=1S/C36H26BN3/c1-23-15-17-38-21-31(23)25-11-13-35-29(19-25)27-7-3-5-9-33(27)37-34-10-6-4-8-28(34)30-20-26(12-14-36(30)40(35)37)32-22-39-18-16-24(32)2/h3-22H,1-2H3. The molecule has 4 heteroatoms. The van der Waals surface area contributed by atoms with Crippen LogP contribution in [0.4, 0.5) is 11.4 Å². The van der Waals surface area contributed by atoms with Gasteiger partial charge in [0.05, 0.1) is 0 Å². The summed E-state index contributed by atoms with van der Waals surface area (Å²) in [4.78, 5) is 11.4. The number of hydrogen-bond acceptors (Lipinski definition) is 3. The Morgan fingerprint density at radius 3 is 1.45 bits per heavy atom. The van der Waals surface area contributed by atoms with Gasteiger partial charge in [0.1, 0.15) is 0 Å². The molecule has 2 aliphatic heterocycles. The lowest BCUT2D eigenvalue weighted by Gasteiger charge is -2.43. The molecule has 0 N–H and O–H groups in total. The van der Waals surface area contributed by atoms with Gasteiger partial charge in [0.2, 0.25) is 0 Å². The summed E-state index contributed by atoms with van der Waals surface area (Å²) in [5.74, 6) is 0. The van der Waals surface area contributed by atoms with Gasteiger partial charge in [-0.15, -0.1) is 0 Å². The first kappa shape index (κ1) is 23.0. The van der Waals surface area contributed by atoms with Gasteiger partial charge in [0.25, 0.3) is 0 Å². The zero-order valence-corrected chi connectivity index (χ0v) is 22.5. The maximum Gasteiger partial charge on any atom is 0.329 e. The summed E-state index contributed by atoms with van der Waals surface area (Å²) in [7, 11) is 0. The molecule has 4 heterocycles. The van der Waals surface area contributed by atoms with Crippen molar-refractivity contribution in [2.45, 2.75) is 13.8 Å². The van der Waals surface area contributed by atoms with E-state index in [9.17, 15) is 0 Å². The van der Waals surface area contributed by atoms with Crippen molar-refractivity contribution in [1.29, 1.82) is 0 Å². The smallest absolute Gasteiger partial charge is 0.329 e. The van der Waals surface area contributed by atoms with Crippen LogP contribution >= 0.6 is 0 Å². The second-order valence-corrected chi connectivity index (χ2v) is 10.8. The van der Waals surface area contributed by atoms with Gasteiger partial charge in [-0.05, 0) is 94.6 Å². The molecule has 6 aromatic rings. The van der Waals surface area contributed by atoms with Gasteiger partial charge in [-0.3, -0.25) is 9.97 Å². The van der Waals surface area contributed by atoms with Crippen molar-refractivity contribution in [3.63, 3.8) is 0 Å². The molecule has 0 saturated carbocycles. The topological polar surface area (TPSA) is 29.0 Å². The lowest BCUT2D eigenvalue weighted by atomic mass is 9.43. The van der Waals surface area contributed by atoms with Gasteiger partial charge in [0, 0.05) is 58.4 Å². The fourth-order valence-corrected chi connectivity index (χ4v) is 6.61. The second-order valence-electron chi connectivity index (χ2n) is 10.8. The summed E-state index contributed by atoms with van der Waals surface area (Å²) in [6, 6.07) is 35.8. The summed E-state index contributed by atoms with van der Waals surface area (Å²) in [5, 5.41) is 0. The second kappa shape index (κ2) is 8.79. The molecule has 0 fully saturated rings. The van der Waals surface area contributed by atoms with Crippen molar-refractivity contribution in [2.24, 2.45) is 0 Å². The molecule has 0 saturated heterocycles. The number of nitrogens with zero attached hydrogens (tertiary/aromatic N) is 3. The normalized spacial score (nSPS) is 12.7. The average Bonchev–Trinajstić information content (AvgIpc) is 3.01. The predicted octanol–water partition coefficient (Wildman–Crippen LogP) is 7.33. The molecule has 0 bridgehead atoms. The van der Waals surface area contributed by atoms with E-state index in [0.29, 0.717) is 0 Å². The molecule has 0 spiro atoms. The summed E-state index contributed by atoms with van der Waals surface area (Å²) in [6.07, 6.45) is 7.67. The van der Waals surface area contributed by atoms with Crippen LogP contribution in [0.15, 0.2) is 122 Å². The number of fused-ring (bicyclic) bond motifs is 11. The van der Waals surface area contributed by atoms with E-state index in [-0.39, 0.29) is 6.85 Å². The lowest BCUT2D eigenvalue weighted by Crippen LogP contribution is -2.59. The van der Waals surface area contributed by atoms with E-state index in [1.165, 1.54) is 77.9 Å². The van der Waals surface area contributed by atoms with E-state index in [1.807, 2.05) is 24.8 Å². The number of anilines is 2. The summed E-state index contributed by atoms with van der Waals surface area (Å²) < 4.78 is 0. The molecule has 4 aromatic carbocycles. The van der Waals surface area contributed by atoms with Gasteiger partial charge in [-0.25, -0.2) is 0 Å². The van der Waals surface area contributed by atoms with Gasteiger partial charge >= 0.3 is 6.85 Å². The molecule has 3 nitrogen and oxygen atoms in total. The Bertz CT molecular complexity index is 1820. The maximum atomic E-state index is 4.42. The third-order valence-electron chi connectivity index (χ3n) is 8.56. The Morgan fingerprint density at radius 1 is 0.500 bits per heavy atom. The van der Waals surface area contributed by atoms with Gasteiger partial charge in [0.15, 0.2) is 0 Å². The highest BCUT2D eigenvalue weighted by atomic mass is 15.1. The summed E-state index contributed by atoms with van der Waals surface area (Å²) in [5.41, 5.74) is 17.4. The van der Waals surface area contributed by atoms with E-state index in [1.54, 1.807) is 0 Å². The zero-order valence-electron chi connectivity index (χ0n) is 22.5. The maximum absolute atomic E-state index is 4.42. The number of rotatable bonds is 2. The SMILES string of the molecule is Cc1ccncc1-c1ccc2c(c1)-c1ccccc1B1c3ccccc3-c3cc(-c4cnccc4C)ccc3N12. The minimum absolute atomic E-state index is 0.101. The van der Waals surface area contributed by atoms with Crippen LogP contribution in [-0.4, -0.2) is 16.8 Å². The molecule has 0 atom stereocenters. The number of pyridine rings is 2. The van der Waals surface area contributed by atoms with E-state index >= 15 is 0 Å². The molecule has 0 radical (unpaired) electrons. The summed E-state index contributed by atoms with van der Waals surface area (Å²) in [6.45, 7) is 4.41. The van der Waals surface area contributed by atoms with Crippen molar-refractivity contribution in [3.05, 3.63) is 133 Å². The van der Waals surface area contributed by atoms with Gasteiger partial charge in [-0.2, -0.15) is 0 Å². The first-order valence-electron chi connectivity index (χ1n) is 13.8. The van der Waals surface area contributed by atoms with Crippen molar-refractivity contribution >= 4 is 29.1 Å². The van der Waals surface area contributed by atoms with Crippen LogP contribution < -0.4 is 15.7 Å². The van der Waals surface area contributed by atoms with E-state index < -0.39 is 0 Å². The molecule has 0 unspecified atom stereocenters. The monoisotopic (exact) mass is 511 g/mol. The molecular weight excluding hydrogens is 485 g/mol. The highest BCUT2D eigenvalue weighted by molar-refractivity contribution is 6.92. The van der Waals surface area contributed by atoms with Crippen LogP contribution in [0.3, 0.4) is 0 Å². The fourth-order valence-electron chi connectivity index (χ4n) is 6.61. The van der Waals surface area contributed by atoms with Crippen LogP contribution in [0, 0.1) is 13.8 Å². The predicted molar refractivity (Wildman–Crippen MR) is 167 cm³/mol. The van der Waals surface area contributed by atoms with Crippen LogP contribution in [0.1, 0.15) is 11.1 Å². The molecule has 2 aromatic heterocycles. The molecule has 0 aliphatic carbocycles. The zero-order chi connectivity index (χ0) is 26.8. The molecule has 40 heavy (non-hydrogen) atoms. The number of hydrogen-bond donors (Lipinski definition) is 0. The third kappa shape index (κ3) is 3.32. The number of aromatic nitrogens is 2. The summed E-state index contributed by atoms with van der Waals surface area (Å²) >= 11 is 0. The first-order valence-corrected chi connectivity index (χ1v) is 13.8. The average molecular weight is 511 g/mol. The molecular formula is C36H26BN3. The van der Waals surface area contributed by atoms with Gasteiger partial charge < -0.3 is 4.81 Å². The third-order valence-corrected chi connectivity index (χ3v) is 8.56. The van der Waals surface area contributed by atoms with Gasteiger partial charge in [-0.1, -0.05) is 60.7 Å². The van der Waals surface area contributed by atoms with Crippen molar-refractivity contribution in [2.75, 3.05) is 4.81 Å². The van der Waals surface area contributed by atoms with Crippen LogP contribution in [-0.2, 0) is 0 Å². The molecule has 2 aliphatic rings. The highest BCUT2D eigenvalue weighted by Crippen LogP contribution is 2.47.